The van der Waals surface area contributed by atoms with Crippen LogP contribution in [0, 0.1) is 6.92 Å². The summed E-state index contributed by atoms with van der Waals surface area (Å²) in [7, 11) is 0. The zero-order valence-electron chi connectivity index (χ0n) is 21.5. The molecule has 0 unspecified atom stereocenters. The van der Waals surface area contributed by atoms with E-state index < -0.39 is 18.1 Å². The summed E-state index contributed by atoms with van der Waals surface area (Å²) in [5.74, 6) is -2.98. The molecule has 3 N–H and O–H groups in total. The number of nitrogens with one attached hydrogen (secondary N) is 1. The minimum absolute atomic E-state index is 0.237. The van der Waals surface area contributed by atoms with Gasteiger partial charge in [0.15, 0.2) is 5.96 Å². The van der Waals surface area contributed by atoms with E-state index in [-0.39, 0.29) is 5.56 Å². The molecule has 40 heavy (non-hydrogen) atoms. The lowest BCUT2D eigenvalue weighted by Gasteiger charge is -2.38. The van der Waals surface area contributed by atoms with Crippen molar-refractivity contribution in [3.63, 3.8) is 0 Å². The number of nitrogens with zero attached hydrogens (tertiary/aromatic N) is 3. The van der Waals surface area contributed by atoms with Crippen molar-refractivity contribution in [2.75, 3.05) is 36.4 Å². The Hall–Kier alpha value is -4.25. The maximum atomic E-state index is 11.4. The van der Waals surface area contributed by atoms with Crippen LogP contribution in [0.2, 0.25) is 5.02 Å². The molecule has 0 radical (unpaired) electrons. The summed E-state index contributed by atoms with van der Waals surface area (Å²) in [5, 5.41) is 20.6. The van der Waals surface area contributed by atoms with Crippen molar-refractivity contribution in [1.82, 2.24) is 4.90 Å². The number of carboxylic acid groups (broad SMARTS) is 2. The summed E-state index contributed by atoms with van der Waals surface area (Å²) in [6.45, 7) is 5.75. The van der Waals surface area contributed by atoms with Gasteiger partial charge in [-0.3, -0.25) is 0 Å². The largest absolute Gasteiger partial charge is 0.490 e. The first-order valence-corrected chi connectivity index (χ1v) is 12.6. The lowest BCUT2D eigenvalue weighted by atomic mass is 10.1. The van der Waals surface area contributed by atoms with Crippen LogP contribution < -0.4 is 10.2 Å². The number of para-hydroxylation sites is 1. The number of benzene rings is 3. The van der Waals surface area contributed by atoms with Crippen LogP contribution in [0.3, 0.4) is 0 Å². The van der Waals surface area contributed by atoms with E-state index in [2.05, 4.69) is 46.3 Å². The molecular weight excluding hydrogens is 549 g/mol. The summed E-state index contributed by atoms with van der Waals surface area (Å²) in [6.07, 6.45) is -5.08. The lowest BCUT2D eigenvalue weighted by Crippen LogP contribution is -2.50. The van der Waals surface area contributed by atoms with Crippen LogP contribution in [0.5, 0.6) is 0 Å². The van der Waals surface area contributed by atoms with Gasteiger partial charge in [-0.05, 0) is 42.8 Å². The van der Waals surface area contributed by atoms with Crippen molar-refractivity contribution in [2.45, 2.75) is 19.6 Å². The first kappa shape index (κ1) is 30.3. The number of rotatable bonds is 5. The molecule has 0 saturated carbocycles. The molecular formula is C28H28ClF3N4O4. The van der Waals surface area contributed by atoms with Crippen LogP contribution in [0.15, 0.2) is 77.8 Å². The van der Waals surface area contributed by atoms with Crippen LogP contribution in [0.25, 0.3) is 0 Å². The minimum atomic E-state index is -5.08. The van der Waals surface area contributed by atoms with E-state index in [0.717, 1.165) is 48.4 Å². The number of anilines is 2. The number of aromatic carboxylic acids is 1. The summed E-state index contributed by atoms with van der Waals surface area (Å²) < 4.78 is 31.7. The molecule has 0 aliphatic carbocycles. The zero-order valence-corrected chi connectivity index (χ0v) is 22.3. The molecule has 0 atom stereocenters. The topological polar surface area (TPSA) is 105 Å². The van der Waals surface area contributed by atoms with Gasteiger partial charge < -0.3 is 25.3 Å². The SMILES string of the molecule is Cc1ccc(CN=C(Nc2cccc(C(=O)O)c2)N2CCN(c3ccccc3Cl)CC2)cc1.O=C(O)C(F)(F)F. The van der Waals surface area contributed by atoms with Gasteiger partial charge in [0, 0.05) is 31.9 Å². The molecule has 3 aromatic carbocycles. The molecule has 1 fully saturated rings. The predicted octanol–water partition coefficient (Wildman–Crippen LogP) is 5.77. The first-order valence-electron chi connectivity index (χ1n) is 12.2. The predicted molar refractivity (Wildman–Crippen MR) is 148 cm³/mol. The molecule has 1 aliphatic rings. The van der Waals surface area contributed by atoms with Crippen molar-refractivity contribution >= 4 is 40.9 Å². The zero-order chi connectivity index (χ0) is 29.3. The molecule has 1 aliphatic heterocycles. The molecule has 0 spiro atoms. The molecule has 3 aromatic rings. The highest BCUT2D eigenvalue weighted by Crippen LogP contribution is 2.26. The second-order valence-electron chi connectivity index (χ2n) is 8.86. The molecule has 4 rings (SSSR count). The van der Waals surface area contributed by atoms with Gasteiger partial charge in [0.1, 0.15) is 0 Å². The highest BCUT2D eigenvalue weighted by Gasteiger charge is 2.38. The Morgan fingerprint density at radius 1 is 0.950 bits per heavy atom. The fourth-order valence-electron chi connectivity index (χ4n) is 3.80. The number of guanidine groups is 1. The molecule has 8 nitrogen and oxygen atoms in total. The van der Waals surface area contributed by atoms with Gasteiger partial charge in [0.25, 0.3) is 0 Å². The maximum Gasteiger partial charge on any atom is 0.490 e. The highest BCUT2D eigenvalue weighted by molar-refractivity contribution is 6.33. The molecule has 1 heterocycles. The third kappa shape index (κ3) is 8.91. The van der Waals surface area contributed by atoms with Gasteiger partial charge in [-0.2, -0.15) is 13.2 Å². The standard InChI is InChI=1S/C26H27ClN4O2.C2HF3O2/c1-19-9-11-20(12-10-19)18-28-26(29-22-6-4-5-21(17-22)25(32)33)31-15-13-30(14-16-31)24-8-3-2-7-23(24)27;3-2(4,5)1(6)7/h2-12,17H,13-16,18H2,1H3,(H,28,29)(H,32,33);(H,6,7). The summed E-state index contributed by atoms with van der Waals surface area (Å²) in [6, 6.07) is 23.0. The third-order valence-corrected chi connectivity index (χ3v) is 6.23. The maximum absolute atomic E-state index is 11.4. The Morgan fingerprint density at radius 2 is 1.57 bits per heavy atom. The van der Waals surface area contributed by atoms with Gasteiger partial charge >= 0.3 is 18.1 Å². The van der Waals surface area contributed by atoms with Gasteiger partial charge in [0.2, 0.25) is 0 Å². The number of piperazine rings is 1. The monoisotopic (exact) mass is 576 g/mol. The quantitative estimate of drug-likeness (QED) is 0.261. The normalized spacial score (nSPS) is 13.8. The van der Waals surface area contributed by atoms with E-state index in [1.165, 1.54) is 5.56 Å². The Labute approximate surface area is 234 Å². The van der Waals surface area contributed by atoms with Crippen LogP contribution in [-0.4, -0.2) is 65.4 Å². The molecule has 212 valence electrons. The number of halogens is 4. The van der Waals surface area contributed by atoms with Gasteiger partial charge in [-0.1, -0.05) is 59.6 Å². The number of aliphatic carboxylic acids is 1. The second kappa shape index (κ2) is 13.7. The van der Waals surface area contributed by atoms with E-state index >= 15 is 0 Å². The average Bonchev–Trinajstić information content (AvgIpc) is 2.92. The number of carboxylic acids is 2. The van der Waals surface area contributed by atoms with E-state index in [4.69, 9.17) is 26.5 Å². The summed E-state index contributed by atoms with van der Waals surface area (Å²) >= 11 is 6.39. The minimum Gasteiger partial charge on any atom is -0.478 e. The van der Waals surface area contributed by atoms with Crippen LogP contribution in [-0.2, 0) is 11.3 Å². The Morgan fingerprint density at radius 3 is 2.15 bits per heavy atom. The molecule has 1 saturated heterocycles. The Bertz CT molecular complexity index is 1340. The van der Waals surface area contributed by atoms with Gasteiger partial charge in [-0.25, -0.2) is 14.6 Å². The van der Waals surface area contributed by atoms with Crippen molar-refractivity contribution < 1.29 is 33.0 Å². The first-order chi connectivity index (χ1) is 18.9. The van der Waals surface area contributed by atoms with E-state index in [9.17, 15) is 23.1 Å². The Kier molecular flexibility index (Phi) is 10.4. The molecule has 12 heteroatoms. The van der Waals surface area contributed by atoms with E-state index in [1.54, 1.807) is 18.2 Å². The number of hydrogen-bond acceptors (Lipinski definition) is 4. The van der Waals surface area contributed by atoms with Crippen molar-refractivity contribution in [3.05, 3.63) is 94.5 Å². The van der Waals surface area contributed by atoms with E-state index in [1.807, 2.05) is 30.3 Å². The third-order valence-electron chi connectivity index (χ3n) is 5.91. The molecule has 0 amide bonds. The summed E-state index contributed by atoms with van der Waals surface area (Å²) in [5.41, 5.74) is 4.31. The van der Waals surface area contributed by atoms with Crippen molar-refractivity contribution in [2.24, 2.45) is 4.99 Å². The van der Waals surface area contributed by atoms with Crippen molar-refractivity contribution in [3.8, 4) is 0 Å². The summed E-state index contributed by atoms with van der Waals surface area (Å²) in [4.78, 5) is 29.6. The van der Waals surface area contributed by atoms with Gasteiger partial charge in [0.05, 0.1) is 22.8 Å². The van der Waals surface area contributed by atoms with Crippen LogP contribution >= 0.6 is 11.6 Å². The van der Waals surface area contributed by atoms with E-state index in [0.29, 0.717) is 12.2 Å². The fraction of sp³-hybridized carbons (Fsp3) is 0.250. The van der Waals surface area contributed by atoms with Crippen LogP contribution in [0.1, 0.15) is 21.5 Å². The highest BCUT2D eigenvalue weighted by atomic mass is 35.5. The number of aliphatic imine (C=N–C) groups is 1. The second-order valence-corrected chi connectivity index (χ2v) is 9.27. The van der Waals surface area contributed by atoms with Crippen molar-refractivity contribution in [1.29, 1.82) is 0 Å². The number of alkyl halides is 3. The Balaban J connectivity index is 0.000000559. The average molecular weight is 577 g/mol. The van der Waals surface area contributed by atoms with Gasteiger partial charge in [-0.15, -0.1) is 0 Å². The number of aryl methyl sites for hydroxylation is 1. The van der Waals surface area contributed by atoms with Crippen LogP contribution in [0.4, 0.5) is 24.5 Å². The lowest BCUT2D eigenvalue weighted by molar-refractivity contribution is -0.192. The smallest absolute Gasteiger partial charge is 0.478 e. The molecule has 0 bridgehead atoms. The molecule has 0 aromatic heterocycles. The number of hydrogen-bond donors (Lipinski definition) is 3. The number of carbonyl (C=O) groups is 2. The fourth-order valence-corrected chi connectivity index (χ4v) is 4.06.